The molecule has 2 heterocycles. The fraction of sp³-hybridized carbons (Fsp3) is 0.429. The van der Waals surface area contributed by atoms with Crippen LogP contribution in [0.15, 0.2) is 18.2 Å². The summed E-state index contributed by atoms with van der Waals surface area (Å²) in [6, 6.07) is 4.45. The average molecular weight is 261 g/mol. The van der Waals surface area contributed by atoms with Gasteiger partial charge in [0.15, 0.2) is 5.78 Å². The van der Waals surface area contributed by atoms with Gasteiger partial charge in [-0.05, 0) is 31.3 Å². The van der Waals surface area contributed by atoms with Crippen molar-refractivity contribution in [3.63, 3.8) is 0 Å². The zero-order valence-corrected chi connectivity index (χ0v) is 10.4. The zero-order chi connectivity index (χ0) is 13.5. The minimum absolute atomic E-state index is 0.0417. The van der Waals surface area contributed by atoms with Crippen molar-refractivity contribution in [1.82, 2.24) is 5.32 Å². The standard InChI is InChI=1S/C14H15NO4/c16-11-8-14(3-5-15-6-4-14)19-12-7-9(13(17)18)1-2-10(11)12/h1-2,7,15H,3-6,8H2,(H,17,18). The van der Waals surface area contributed by atoms with Gasteiger partial charge in [-0.15, -0.1) is 0 Å². The smallest absolute Gasteiger partial charge is 0.335 e. The number of Topliss-reactive ketones (excluding diaryl/α,β-unsaturated/α-hetero) is 1. The second-order valence-electron chi connectivity index (χ2n) is 5.15. The number of aromatic carboxylic acids is 1. The molecule has 0 unspecified atom stereocenters. The molecule has 5 nitrogen and oxygen atoms in total. The number of piperidine rings is 1. The Morgan fingerprint density at radius 3 is 2.74 bits per heavy atom. The number of rotatable bonds is 1. The molecule has 1 aromatic rings. The summed E-state index contributed by atoms with van der Waals surface area (Å²) in [5.41, 5.74) is 0.193. The quantitative estimate of drug-likeness (QED) is 0.800. The molecule has 1 spiro atoms. The van der Waals surface area contributed by atoms with Crippen molar-refractivity contribution in [3.8, 4) is 5.75 Å². The van der Waals surface area contributed by atoms with Crippen LogP contribution in [0.1, 0.15) is 40.0 Å². The number of ether oxygens (including phenoxy) is 1. The molecule has 3 rings (SSSR count). The molecule has 1 aromatic carbocycles. The highest BCUT2D eigenvalue weighted by atomic mass is 16.5. The first-order chi connectivity index (χ1) is 9.10. The van der Waals surface area contributed by atoms with Gasteiger partial charge in [-0.25, -0.2) is 4.79 Å². The number of ketones is 1. The Bertz CT molecular complexity index is 546. The van der Waals surface area contributed by atoms with Crippen LogP contribution in [0, 0.1) is 0 Å². The summed E-state index contributed by atoms with van der Waals surface area (Å²) in [5.74, 6) is -0.554. The lowest BCUT2D eigenvalue weighted by Crippen LogP contribution is -2.49. The number of nitrogens with one attached hydrogen (secondary N) is 1. The van der Waals surface area contributed by atoms with Crippen LogP contribution in [0.2, 0.25) is 0 Å². The van der Waals surface area contributed by atoms with Gasteiger partial charge in [0.1, 0.15) is 11.4 Å². The van der Waals surface area contributed by atoms with Crippen molar-refractivity contribution in [2.24, 2.45) is 0 Å². The maximum atomic E-state index is 12.2. The van der Waals surface area contributed by atoms with Crippen molar-refractivity contribution >= 4 is 11.8 Å². The summed E-state index contributed by atoms with van der Waals surface area (Å²) in [5, 5.41) is 12.2. The van der Waals surface area contributed by atoms with Gasteiger partial charge < -0.3 is 15.2 Å². The van der Waals surface area contributed by atoms with E-state index in [0.29, 0.717) is 17.7 Å². The van der Waals surface area contributed by atoms with E-state index in [1.165, 1.54) is 12.1 Å². The molecule has 2 N–H and O–H groups in total. The summed E-state index contributed by atoms with van der Waals surface area (Å²) in [7, 11) is 0. The van der Waals surface area contributed by atoms with E-state index in [9.17, 15) is 9.59 Å². The SMILES string of the molecule is O=C(O)c1ccc2c(c1)OC1(CCNCC1)CC2=O. The molecule has 1 saturated heterocycles. The molecule has 0 bridgehead atoms. The highest BCUT2D eigenvalue weighted by molar-refractivity contribution is 6.01. The van der Waals surface area contributed by atoms with Gasteiger partial charge in [0.2, 0.25) is 0 Å². The van der Waals surface area contributed by atoms with E-state index in [-0.39, 0.29) is 11.3 Å². The lowest BCUT2D eigenvalue weighted by atomic mass is 9.83. The largest absolute Gasteiger partial charge is 0.486 e. The molecule has 1 fully saturated rings. The number of hydrogen-bond acceptors (Lipinski definition) is 4. The van der Waals surface area contributed by atoms with E-state index >= 15 is 0 Å². The van der Waals surface area contributed by atoms with Gasteiger partial charge in [-0.3, -0.25) is 4.79 Å². The number of benzene rings is 1. The molecular weight excluding hydrogens is 246 g/mol. The van der Waals surface area contributed by atoms with Crippen LogP contribution >= 0.6 is 0 Å². The maximum Gasteiger partial charge on any atom is 0.335 e. The van der Waals surface area contributed by atoms with Crippen LogP contribution in [-0.4, -0.2) is 35.5 Å². The van der Waals surface area contributed by atoms with Crippen molar-refractivity contribution in [2.45, 2.75) is 24.9 Å². The van der Waals surface area contributed by atoms with Crippen LogP contribution in [0.5, 0.6) is 5.75 Å². The average Bonchev–Trinajstić information content (AvgIpc) is 2.38. The lowest BCUT2D eigenvalue weighted by molar-refractivity contribution is 0.0185. The normalized spacial score (nSPS) is 20.7. The van der Waals surface area contributed by atoms with Gasteiger partial charge in [-0.1, -0.05) is 0 Å². The maximum absolute atomic E-state index is 12.2. The Morgan fingerprint density at radius 2 is 2.05 bits per heavy atom. The Kier molecular flexibility index (Phi) is 2.78. The van der Waals surface area contributed by atoms with Crippen molar-refractivity contribution in [1.29, 1.82) is 0 Å². The molecule has 0 saturated carbocycles. The van der Waals surface area contributed by atoms with Gasteiger partial charge in [0.25, 0.3) is 0 Å². The number of carbonyl (C=O) groups is 2. The fourth-order valence-electron chi connectivity index (χ4n) is 2.79. The summed E-state index contributed by atoms with van der Waals surface area (Å²) >= 11 is 0. The van der Waals surface area contributed by atoms with E-state index in [1.807, 2.05) is 0 Å². The van der Waals surface area contributed by atoms with Crippen LogP contribution in [0.25, 0.3) is 0 Å². The Balaban J connectivity index is 1.99. The Hall–Kier alpha value is -1.88. The molecule has 19 heavy (non-hydrogen) atoms. The summed E-state index contributed by atoms with van der Waals surface area (Å²) in [6.07, 6.45) is 1.93. The van der Waals surface area contributed by atoms with Crippen molar-refractivity contribution in [2.75, 3.05) is 13.1 Å². The van der Waals surface area contributed by atoms with E-state index in [4.69, 9.17) is 9.84 Å². The number of carboxylic acid groups (broad SMARTS) is 1. The van der Waals surface area contributed by atoms with E-state index in [1.54, 1.807) is 6.07 Å². The van der Waals surface area contributed by atoms with Gasteiger partial charge >= 0.3 is 5.97 Å². The summed E-state index contributed by atoms with van der Waals surface area (Å²) < 4.78 is 6.00. The van der Waals surface area contributed by atoms with Crippen molar-refractivity contribution in [3.05, 3.63) is 29.3 Å². The molecule has 100 valence electrons. The third-order valence-electron chi connectivity index (χ3n) is 3.85. The van der Waals surface area contributed by atoms with E-state index in [0.717, 1.165) is 25.9 Å². The predicted octanol–water partition coefficient (Wildman–Crippen LogP) is 1.47. The molecule has 5 heteroatoms. The number of fused-ring (bicyclic) bond motifs is 1. The number of carbonyl (C=O) groups excluding carboxylic acids is 1. The monoisotopic (exact) mass is 261 g/mol. The Labute approximate surface area is 110 Å². The summed E-state index contributed by atoms with van der Waals surface area (Å²) in [4.78, 5) is 23.2. The second kappa shape index (κ2) is 4.35. The minimum atomic E-state index is -1.01. The van der Waals surface area contributed by atoms with Crippen LogP contribution in [0.4, 0.5) is 0 Å². The lowest BCUT2D eigenvalue weighted by Gasteiger charge is -2.40. The van der Waals surface area contributed by atoms with Gasteiger partial charge in [0, 0.05) is 12.8 Å². The third-order valence-corrected chi connectivity index (χ3v) is 3.85. The Morgan fingerprint density at radius 1 is 1.32 bits per heavy atom. The molecule has 0 amide bonds. The van der Waals surface area contributed by atoms with Crippen LogP contribution in [0.3, 0.4) is 0 Å². The minimum Gasteiger partial charge on any atom is -0.486 e. The van der Waals surface area contributed by atoms with Gasteiger partial charge in [0.05, 0.1) is 17.5 Å². The first-order valence-corrected chi connectivity index (χ1v) is 6.40. The molecular formula is C14H15NO4. The van der Waals surface area contributed by atoms with E-state index < -0.39 is 11.6 Å². The topological polar surface area (TPSA) is 75.6 Å². The molecule has 0 aromatic heterocycles. The van der Waals surface area contributed by atoms with Crippen LogP contribution in [-0.2, 0) is 0 Å². The molecule has 0 atom stereocenters. The summed E-state index contributed by atoms with van der Waals surface area (Å²) in [6.45, 7) is 1.64. The number of hydrogen-bond donors (Lipinski definition) is 2. The first kappa shape index (κ1) is 12.2. The van der Waals surface area contributed by atoms with Gasteiger partial charge in [-0.2, -0.15) is 0 Å². The third kappa shape index (κ3) is 2.10. The van der Waals surface area contributed by atoms with Crippen LogP contribution < -0.4 is 10.1 Å². The van der Waals surface area contributed by atoms with E-state index in [2.05, 4.69) is 5.32 Å². The predicted molar refractivity (Wildman–Crippen MR) is 67.8 cm³/mol. The number of carboxylic acids is 1. The second-order valence-corrected chi connectivity index (χ2v) is 5.15. The fourth-order valence-corrected chi connectivity index (χ4v) is 2.79. The highest BCUT2D eigenvalue weighted by Crippen LogP contribution is 2.38. The van der Waals surface area contributed by atoms with Crippen molar-refractivity contribution < 1.29 is 19.4 Å². The first-order valence-electron chi connectivity index (χ1n) is 6.40. The molecule has 0 radical (unpaired) electrons. The molecule has 2 aliphatic heterocycles. The molecule has 2 aliphatic rings. The molecule has 0 aliphatic carbocycles. The highest BCUT2D eigenvalue weighted by Gasteiger charge is 2.41. The zero-order valence-electron chi connectivity index (χ0n) is 10.4.